The van der Waals surface area contributed by atoms with Gasteiger partial charge in [0.25, 0.3) is 0 Å². The maximum atomic E-state index is 5.90. The van der Waals surface area contributed by atoms with Crippen LogP contribution in [0, 0.1) is 6.92 Å². The Morgan fingerprint density at radius 2 is 1.18 bits per heavy atom. The highest BCUT2D eigenvalue weighted by Crippen LogP contribution is 2.27. The Bertz CT molecular complexity index is 1560. The monoisotopic (exact) mass is 428 g/mol. The minimum atomic E-state index is 0.636. The molecule has 0 fully saturated rings. The summed E-state index contributed by atoms with van der Waals surface area (Å²) in [5.41, 5.74) is 8.70. The van der Waals surface area contributed by atoms with Gasteiger partial charge >= 0.3 is 0 Å². The number of rotatable bonds is 4. The minimum absolute atomic E-state index is 0.636. The van der Waals surface area contributed by atoms with Crippen LogP contribution >= 0.6 is 0 Å². The van der Waals surface area contributed by atoms with Crippen molar-refractivity contribution >= 4 is 34.4 Å². The predicted octanol–water partition coefficient (Wildman–Crippen LogP) is 7.78. The normalized spacial score (nSPS) is 11.7. The lowest BCUT2D eigenvalue weighted by molar-refractivity contribution is 0.619. The van der Waals surface area contributed by atoms with E-state index in [0.717, 1.165) is 50.0 Å². The Labute approximate surface area is 190 Å². The summed E-state index contributed by atoms with van der Waals surface area (Å²) in [5, 5.41) is 0. The molecule has 158 valence electrons. The zero-order valence-electron chi connectivity index (χ0n) is 18.0. The SMILES string of the molecule is Cc1cc(-c2nc3ccccc3o2)ccc1/C=C/c1ccc(-c2nc3ccccc3o2)cc1. The van der Waals surface area contributed by atoms with Crippen LogP contribution in [0.2, 0.25) is 0 Å². The van der Waals surface area contributed by atoms with Crippen molar-refractivity contribution in [2.24, 2.45) is 0 Å². The van der Waals surface area contributed by atoms with Crippen LogP contribution in [-0.4, -0.2) is 9.97 Å². The van der Waals surface area contributed by atoms with Gasteiger partial charge in [-0.25, -0.2) is 9.97 Å². The van der Waals surface area contributed by atoms with Gasteiger partial charge in [0.2, 0.25) is 11.8 Å². The Hall–Kier alpha value is -4.44. The summed E-state index contributed by atoms with van der Waals surface area (Å²) in [7, 11) is 0. The molecule has 0 aliphatic heterocycles. The standard InChI is InChI=1S/C29H20N2O2/c1-19-18-23(29-31-25-7-3-5-9-27(25)33-29)17-16-21(19)13-10-20-11-14-22(15-12-20)28-30-24-6-2-4-8-26(24)32-28/h2-18H,1H3/b13-10+. The van der Waals surface area contributed by atoms with Crippen molar-refractivity contribution in [3.05, 3.63) is 108 Å². The first-order chi connectivity index (χ1) is 16.2. The molecule has 33 heavy (non-hydrogen) atoms. The topological polar surface area (TPSA) is 52.1 Å². The summed E-state index contributed by atoms with van der Waals surface area (Å²) in [4.78, 5) is 9.16. The van der Waals surface area contributed by atoms with Gasteiger partial charge in [-0.1, -0.05) is 54.6 Å². The maximum Gasteiger partial charge on any atom is 0.227 e. The number of nitrogens with zero attached hydrogens (tertiary/aromatic N) is 2. The van der Waals surface area contributed by atoms with Gasteiger partial charge in [0.15, 0.2) is 11.2 Å². The van der Waals surface area contributed by atoms with E-state index in [1.54, 1.807) is 0 Å². The van der Waals surface area contributed by atoms with Crippen molar-refractivity contribution in [3.8, 4) is 22.9 Å². The van der Waals surface area contributed by atoms with Crippen molar-refractivity contribution in [1.82, 2.24) is 9.97 Å². The van der Waals surface area contributed by atoms with E-state index in [0.29, 0.717) is 11.8 Å². The number of hydrogen-bond acceptors (Lipinski definition) is 4. The average molecular weight is 428 g/mol. The van der Waals surface area contributed by atoms with Crippen LogP contribution in [0.5, 0.6) is 0 Å². The molecule has 2 aromatic heterocycles. The second-order valence-corrected chi connectivity index (χ2v) is 8.00. The molecule has 4 aromatic carbocycles. The first-order valence-corrected chi connectivity index (χ1v) is 10.8. The summed E-state index contributed by atoms with van der Waals surface area (Å²) in [6.07, 6.45) is 4.23. The summed E-state index contributed by atoms with van der Waals surface area (Å²) in [6.45, 7) is 2.10. The number of fused-ring (bicyclic) bond motifs is 2. The molecule has 0 spiro atoms. The van der Waals surface area contributed by atoms with Crippen molar-refractivity contribution < 1.29 is 8.83 Å². The van der Waals surface area contributed by atoms with Gasteiger partial charge in [0.05, 0.1) is 0 Å². The zero-order chi connectivity index (χ0) is 22.2. The molecule has 0 saturated heterocycles. The van der Waals surface area contributed by atoms with Crippen molar-refractivity contribution in [2.45, 2.75) is 6.92 Å². The van der Waals surface area contributed by atoms with Gasteiger partial charge in [0, 0.05) is 11.1 Å². The summed E-state index contributed by atoms with van der Waals surface area (Å²) >= 11 is 0. The fourth-order valence-corrected chi connectivity index (χ4v) is 3.91. The molecule has 0 aliphatic carbocycles. The molecule has 0 radical (unpaired) electrons. The molecule has 6 rings (SSSR count). The van der Waals surface area contributed by atoms with Crippen molar-refractivity contribution in [3.63, 3.8) is 0 Å². The summed E-state index contributed by atoms with van der Waals surface area (Å²) < 4.78 is 11.8. The van der Waals surface area contributed by atoms with E-state index in [9.17, 15) is 0 Å². The molecule has 0 bridgehead atoms. The highest BCUT2D eigenvalue weighted by atomic mass is 16.4. The maximum absolute atomic E-state index is 5.90. The molecule has 0 atom stereocenters. The summed E-state index contributed by atoms with van der Waals surface area (Å²) in [6, 6.07) is 30.1. The van der Waals surface area contributed by atoms with Gasteiger partial charge in [-0.2, -0.15) is 0 Å². The lowest BCUT2D eigenvalue weighted by Crippen LogP contribution is -1.84. The highest BCUT2D eigenvalue weighted by Gasteiger charge is 2.09. The molecule has 0 unspecified atom stereocenters. The number of hydrogen-bond donors (Lipinski definition) is 0. The van der Waals surface area contributed by atoms with E-state index < -0.39 is 0 Å². The second-order valence-electron chi connectivity index (χ2n) is 8.00. The van der Waals surface area contributed by atoms with E-state index in [1.807, 2.05) is 66.7 Å². The van der Waals surface area contributed by atoms with E-state index in [4.69, 9.17) is 8.83 Å². The Kier molecular flexibility index (Phi) is 4.62. The first-order valence-electron chi connectivity index (χ1n) is 10.8. The van der Waals surface area contributed by atoms with Gasteiger partial charge in [-0.05, 0) is 72.1 Å². The number of para-hydroxylation sites is 4. The largest absolute Gasteiger partial charge is 0.436 e. The van der Waals surface area contributed by atoms with E-state index in [1.165, 1.54) is 0 Å². The van der Waals surface area contributed by atoms with Crippen LogP contribution < -0.4 is 0 Å². The molecule has 0 amide bonds. The lowest BCUT2D eigenvalue weighted by atomic mass is 10.0. The molecule has 2 heterocycles. The molecule has 6 aromatic rings. The molecule has 0 aliphatic rings. The average Bonchev–Trinajstić information content (AvgIpc) is 3.48. The highest BCUT2D eigenvalue weighted by molar-refractivity contribution is 5.78. The fourth-order valence-electron chi connectivity index (χ4n) is 3.91. The lowest BCUT2D eigenvalue weighted by Gasteiger charge is -2.03. The van der Waals surface area contributed by atoms with Gasteiger partial charge < -0.3 is 8.83 Å². The van der Waals surface area contributed by atoms with Crippen LogP contribution in [0.4, 0.5) is 0 Å². The smallest absolute Gasteiger partial charge is 0.227 e. The third-order valence-electron chi connectivity index (χ3n) is 5.72. The third kappa shape index (κ3) is 3.72. The Balaban J connectivity index is 1.22. The molecule has 4 heteroatoms. The van der Waals surface area contributed by atoms with Crippen LogP contribution in [-0.2, 0) is 0 Å². The summed E-state index contributed by atoms with van der Waals surface area (Å²) in [5.74, 6) is 1.28. The number of benzene rings is 4. The van der Waals surface area contributed by atoms with Crippen molar-refractivity contribution in [1.29, 1.82) is 0 Å². The Morgan fingerprint density at radius 3 is 1.79 bits per heavy atom. The van der Waals surface area contributed by atoms with Gasteiger partial charge in [0.1, 0.15) is 11.0 Å². The minimum Gasteiger partial charge on any atom is -0.436 e. The molecule has 4 nitrogen and oxygen atoms in total. The van der Waals surface area contributed by atoms with Gasteiger partial charge in [-0.3, -0.25) is 0 Å². The van der Waals surface area contributed by atoms with Crippen molar-refractivity contribution in [2.75, 3.05) is 0 Å². The van der Waals surface area contributed by atoms with Crippen LogP contribution in [0.1, 0.15) is 16.7 Å². The fraction of sp³-hybridized carbons (Fsp3) is 0.0345. The van der Waals surface area contributed by atoms with E-state index in [2.05, 4.69) is 53.3 Å². The van der Waals surface area contributed by atoms with Gasteiger partial charge in [-0.15, -0.1) is 0 Å². The molecular weight excluding hydrogens is 408 g/mol. The first kappa shape index (κ1) is 19.3. The molecule has 0 saturated carbocycles. The predicted molar refractivity (Wildman–Crippen MR) is 133 cm³/mol. The van der Waals surface area contributed by atoms with Crippen LogP contribution in [0.15, 0.2) is 99.8 Å². The van der Waals surface area contributed by atoms with Crippen LogP contribution in [0.3, 0.4) is 0 Å². The quantitative estimate of drug-likeness (QED) is 0.269. The van der Waals surface area contributed by atoms with Crippen LogP contribution in [0.25, 0.3) is 57.3 Å². The third-order valence-corrected chi connectivity index (χ3v) is 5.72. The van der Waals surface area contributed by atoms with E-state index in [-0.39, 0.29) is 0 Å². The number of aryl methyl sites for hydroxylation is 1. The zero-order valence-corrected chi connectivity index (χ0v) is 18.0. The molecular formula is C29H20N2O2. The van der Waals surface area contributed by atoms with E-state index >= 15 is 0 Å². The second kappa shape index (κ2) is 7.92. The Morgan fingerprint density at radius 1 is 0.606 bits per heavy atom. The number of oxazole rings is 2. The number of aromatic nitrogens is 2. The molecule has 0 N–H and O–H groups in total.